The van der Waals surface area contributed by atoms with E-state index in [1.165, 1.54) is 23.9 Å². The number of amides is 1. The third kappa shape index (κ3) is 5.72. The molecule has 0 aliphatic carbocycles. The molecular formula is C20H17ClN4O3. The Bertz CT molecular complexity index is 976. The molecule has 0 aliphatic heterocycles. The van der Waals surface area contributed by atoms with Crippen molar-refractivity contribution >= 4 is 17.8 Å². The summed E-state index contributed by atoms with van der Waals surface area (Å²) in [6.45, 7) is 0.716. The van der Waals surface area contributed by atoms with E-state index in [1.54, 1.807) is 24.3 Å². The van der Waals surface area contributed by atoms with Crippen LogP contribution in [0.3, 0.4) is 0 Å². The fourth-order valence-electron chi connectivity index (χ4n) is 2.46. The van der Waals surface area contributed by atoms with E-state index >= 15 is 0 Å². The van der Waals surface area contributed by atoms with Gasteiger partial charge < -0.3 is 12.4 Å². The number of nitrogens with zero attached hydrogens (tertiary/aromatic N) is 3. The smallest absolute Gasteiger partial charge is 0.271 e. The zero-order valence-electron chi connectivity index (χ0n) is 14.7. The Morgan fingerprint density at radius 3 is 2.46 bits per heavy atom. The van der Waals surface area contributed by atoms with Gasteiger partial charge in [-0.1, -0.05) is 42.5 Å². The second-order valence-electron chi connectivity index (χ2n) is 5.80. The third-order valence-corrected chi connectivity index (χ3v) is 3.82. The van der Waals surface area contributed by atoms with Gasteiger partial charge in [-0.15, -0.1) is 0 Å². The predicted octanol–water partition coefficient (Wildman–Crippen LogP) is -0.301. The van der Waals surface area contributed by atoms with Gasteiger partial charge in [0.05, 0.1) is 16.7 Å². The van der Waals surface area contributed by atoms with Gasteiger partial charge in [0.25, 0.3) is 11.6 Å². The van der Waals surface area contributed by atoms with Gasteiger partial charge in [-0.3, -0.25) is 14.9 Å². The lowest BCUT2D eigenvalue weighted by atomic mass is 10.2. The number of nitro groups is 1. The maximum Gasteiger partial charge on any atom is 0.271 e. The van der Waals surface area contributed by atoms with Gasteiger partial charge in [0, 0.05) is 35.4 Å². The monoisotopic (exact) mass is 396 g/mol. The highest BCUT2D eigenvalue weighted by molar-refractivity contribution is 5.94. The van der Waals surface area contributed by atoms with Crippen molar-refractivity contribution in [2.24, 2.45) is 5.10 Å². The molecule has 142 valence electrons. The standard InChI is InChI=1S/C20H16N4O3.ClH/c25-20(22-21-14-17-7-4-8-19(13-17)24(26)27)18-9-11-23(12-10-18)15-16-5-2-1-3-6-16;/h1-14H,15H2;1H. The van der Waals surface area contributed by atoms with Crippen LogP contribution in [0.2, 0.25) is 0 Å². The van der Waals surface area contributed by atoms with Crippen LogP contribution in [0.15, 0.2) is 84.2 Å². The van der Waals surface area contributed by atoms with Crippen LogP contribution in [-0.4, -0.2) is 17.0 Å². The van der Waals surface area contributed by atoms with Crippen LogP contribution in [0, 0.1) is 10.1 Å². The normalized spacial score (nSPS) is 10.3. The molecule has 8 heteroatoms. The van der Waals surface area contributed by atoms with Crippen LogP contribution in [0.5, 0.6) is 0 Å². The topological polar surface area (TPSA) is 88.5 Å². The highest BCUT2D eigenvalue weighted by Crippen LogP contribution is 2.11. The summed E-state index contributed by atoms with van der Waals surface area (Å²) in [5.74, 6) is -0.358. The number of nitrogens with one attached hydrogen (secondary N) is 1. The Morgan fingerprint density at radius 1 is 1.07 bits per heavy atom. The SMILES string of the molecule is O=C(N/N=C/c1cccc([N+](=O)[O-])c1)c1cc[n+](Cc2ccccc2)cc1.[Cl-]. The highest BCUT2D eigenvalue weighted by atomic mass is 35.5. The van der Waals surface area contributed by atoms with E-state index in [-0.39, 0.29) is 24.0 Å². The van der Waals surface area contributed by atoms with E-state index in [9.17, 15) is 14.9 Å². The minimum atomic E-state index is -0.482. The molecule has 7 nitrogen and oxygen atoms in total. The van der Waals surface area contributed by atoms with Gasteiger partial charge in [0.15, 0.2) is 18.9 Å². The molecule has 0 aliphatic rings. The van der Waals surface area contributed by atoms with Crippen molar-refractivity contribution in [3.8, 4) is 0 Å². The number of benzene rings is 2. The zero-order valence-corrected chi connectivity index (χ0v) is 15.5. The summed E-state index contributed by atoms with van der Waals surface area (Å²) in [7, 11) is 0. The Labute approximate surface area is 167 Å². The number of hydrogen-bond acceptors (Lipinski definition) is 4. The predicted molar refractivity (Wildman–Crippen MR) is 100 cm³/mol. The number of carbonyl (C=O) groups excluding carboxylic acids is 1. The lowest BCUT2D eigenvalue weighted by molar-refractivity contribution is -0.688. The van der Waals surface area contributed by atoms with E-state index < -0.39 is 4.92 Å². The van der Waals surface area contributed by atoms with Crippen LogP contribution in [0.4, 0.5) is 5.69 Å². The highest BCUT2D eigenvalue weighted by Gasteiger charge is 2.08. The molecule has 0 atom stereocenters. The van der Waals surface area contributed by atoms with Crippen molar-refractivity contribution in [1.29, 1.82) is 0 Å². The molecule has 1 aromatic heterocycles. The van der Waals surface area contributed by atoms with Crippen LogP contribution in [0.25, 0.3) is 0 Å². The second kappa shape index (κ2) is 9.94. The first-order chi connectivity index (χ1) is 13.1. The van der Waals surface area contributed by atoms with Crippen LogP contribution in [-0.2, 0) is 6.54 Å². The zero-order chi connectivity index (χ0) is 19.1. The number of aromatic nitrogens is 1. The number of carbonyl (C=O) groups is 1. The van der Waals surface area contributed by atoms with Gasteiger partial charge in [-0.05, 0) is 0 Å². The molecule has 0 bridgehead atoms. The molecule has 2 aromatic carbocycles. The van der Waals surface area contributed by atoms with Gasteiger partial charge in [0.1, 0.15) is 0 Å². The van der Waals surface area contributed by atoms with Crippen molar-refractivity contribution in [2.75, 3.05) is 0 Å². The lowest BCUT2D eigenvalue weighted by Crippen LogP contribution is -3.00. The second-order valence-corrected chi connectivity index (χ2v) is 5.80. The summed E-state index contributed by atoms with van der Waals surface area (Å²) in [6, 6.07) is 19.4. The lowest BCUT2D eigenvalue weighted by Gasteiger charge is -2.00. The first-order valence-electron chi connectivity index (χ1n) is 8.23. The van der Waals surface area contributed by atoms with Crippen LogP contribution < -0.4 is 22.4 Å². The molecule has 0 saturated heterocycles. The quantitative estimate of drug-likeness (QED) is 0.268. The first kappa shape index (κ1) is 20.7. The van der Waals surface area contributed by atoms with Crippen molar-refractivity contribution < 1.29 is 26.7 Å². The van der Waals surface area contributed by atoms with E-state index in [0.717, 1.165) is 0 Å². The maximum absolute atomic E-state index is 12.1. The van der Waals surface area contributed by atoms with Crippen molar-refractivity contribution in [3.05, 3.63) is 106 Å². The average molecular weight is 397 g/mol. The van der Waals surface area contributed by atoms with Crippen molar-refractivity contribution in [3.63, 3.8) is 0 Å². The molecule has 1 heterocycles. The molecule has 0 fully saturated rings. The average Bonchev–Trinajstić information content (AvgIpc) is 2.69. The maximum atomic E-state index is 12.1. The molecule has 0 radical (unpaired) electrons. The van der Waals surface area contributed by atoms with Gasteiger partial charge >= 0.3 is 0 Å². The minimum absolute atomic E-state index is 0. The summed E-state index contributed by atoms with van der Waals surface area (Å²) in [6.07, 6.45) is 5.02. The van der Waals surface area contributed by atoms with E-state index in [2.05, 4.69) is 10.5 Å². The van der Waals surface area contributed by atoms with E-state index in [4.69, 9.17) is 0 Å². The van der Waals surface area contributed by atoms with Crippen molar-refractivity contribution in [1.82, 2.24) is 5.43 Å². The summed E-state index contributed by atoms with van der Waals surface area (Å²) in [4.78, 5) is 22.4. The molecular weight excluding hydrogens is 380 g/mol. The Kier molecular flexibility index (Phi) is 7.36. The number of halogens is 1. The molecule has 0 spiro atoms. The number of hydrogen-bond donors (Lipinski definition) is 1. The van der Waals surface area contributed by atoms with Gasteiger partial charge in [-0.25, -0.2) is 9.99 Å². The number of pyridine rings is 1. The molecule has 3 rings (SSSR count). The summed E-state index contributed by atoms with van der Waals surface area (Å²) >= 11 is 0. The Balaban J connectivity index is 0.00000280. The number of nitro benzene ring substituents is 1. The third-order valence-electron chi connectivity index (χ3n) is 3.82. The number of hydrazone groups is 1. The molecule has 28 heavy (non-hydrogen) atoms. The molecule has 0 unspecified atom stereocenters. The fourth-order valence-corrected chi connectivity index (χ4v) is 2.46. The van der Waals surface area contributed by atoms with Crippen molar-refractivity contribution in [2.45, 2.75) is 6.54 Å². The Hall–Kier alpha value is -3.58. The summed E-state index contributed by atoms with van der Waals surface area (Å²) in [5, 5.41) is 14.6. The van der Waals surface area contributed by atoms with E-state index in [0.29, 0.717) is 17.7 Å². The Morgan fingerprint density at radius 2 is 1.79 bits per heavy atom. The summed E-state index contributed by atoms with van der Waals surface area (Å²) < 4.78 is 1.97. The van der Waals surface area contributed by atoms with Gasteiger partial charge in [0.2, 0.25) is 0 Å². The largest absolute Gasteiger partial charge is 1.00 e. The van der Waals surface area contributed by atoms with E-state index in [1.807, 2.05) is 47.3 Å². The first-order valence-corrected chi connectivity index (χ1v) is 8.23. The number of non-ortho nitro benzene ring substituents is 1. The summed E-state index contributed by atoms with van der Waals surface area (Å²) in [5.41, 5.74) is 4.55. The number of rotatable bonds is 6. The molecule has 0 saturated carbocycles. The molecule has 3 aromatic rings. The molecule has 1 amide bonds. The molecule has 1 N–H and O–H groups in total. The van der Waals surface area contributed by atoms with Gasteiger partial charge in [-0.2, -0.15) is 5.10 Å². The van der Waals surface area contributed by atoms with Crippen LogP contribution in [0.1, 0.15) is 21.5 Å². The fraction of sp³-hybridized carbons (Fsp3) is 0.0500. The van der Waals surface area contributed by atoms with Crippen LogP contribution >= 0.6 is 0 Å². The minimum Gasteiger partial charge on any atom is -1.00 e.